The SMILES string of the molecule is CC1(C)OB(C(=Cc2nc(Cl)ccc2O)CS)OC1(C)C. The molecule has 1 aliphatic rings. The minimum Gasteiger partial charge on any atom is -0.506 e. The van der Waals surface area contributed by atoms with Gasteiger partial charge in [-0.05, 0) is 51.4 Å². The molecule has 1 fully saturated rings. The van der Waals surface area contributed by atoms with Crippen molar-refractivity contribution in [2.24, 2.45) is 0 Å². The van der Waals surface area contributed by atoms with Crippen molar-refractivity contribution in [2.45, 2.75) is 38.9 Å². The Labute approximate surface area is 136 Å². The van der Waals surface area contributed by atoms with Crippen molar-refractivity contribution in [3.05, 3.63) is 28.5 Å². The summed E-state index contributed by atoms with van der Waals surface area (Å²) in [5.74, 6) is 0.472. The topological polar surface area (TPSA) is 51.6 Å². The van der Waals surface area contributed by atoms with Gasteiger partial charge >= 0.3 is 7.12 Å². The molecular formula is C14H19BClNO3S. The van der Waals surface area contributed by atoms with Crippen molar-refractivity contribution in [1.29, 1.82) is 0 Å². The van der Waals surface area contributed by atoms with Crippen LogP contribution in [0.15, 0.2) is 17.6 Å². The second kappa shape index (κ2) is 5.84. The van der Waals surface area contributed by atoms with Gasteiger partial charge in [-0.2, -0.15) is 12.6 Å². The average molecular weight is 328 g/mol. The summed E-state index contributed by atoms with van der Waals surface area (Å²) in [5.41, 5.74) is 0.302. The van der Waals surface area contributed by atoms with E-state index in [1.807, 2.05) is 27.7 Å². The zero-order valence-electron chi connectivity index (χ0n) is 12.6. The molecule has 7 heteroatoms. The first-order valence-electron chi connectivity index (χ1n) is 6.69. The highest BCUT2D eigenvalue weighted by atomic mass is 35.5. The van der Waals surface area contributed by atoms with Gasteiger partial charge in [0.2, 0.25) is 0 Å². The van der Waals surface area contributed by atoms with E-state index in [1.54, 1.807) is 6.08 Å². The lowest BCUT2D eigenvalue weighted by Gasteiger charge is -2.32. The highest BCUT2D eigenvalue weighted by Gasteiger charge is 2.52. The molecule has 1 aromatic heterocycles. The summed E-state index contributed by atoms with van der Waals surface area (Å²) < 4.78 is 12.0. The molecule has 21 heavy (non-hydrogen) atoms. The van der Waals surface area contributed by atoms with E-state index in [4.69, 9.17) is 20.9 Å². The summed E-state index contributed by atoms with van der Waals surface area (Å²) in [6.45, 7) is 7.94. The number of aromatic nitrogens is 1. The van der Waals surface area contributed by atoms with E-state index < -0.39 is 18.3 Å². The molecule has 0 aliphatic carbocycles. The molecule has 0 saturated carbocycles. The molecule has 0 unspecified atom stereocenters. The summed E-state index contributed by atoms with van der Waals surface area (Å²) in [6, 6.07) is 3.03. The van der Waals surface area contributed by atoms with Crippen LogP contribution in [-0.2, 0) is 9.31 Å². The monoisotopic (exact) mass is 327 g/mol. The van der Waals surface area contributed by atoms with Crippen LogP contribution in [0.5, 0.6) is 5.75 Å². The minimum atomic E-state index is -0.521. The van der Waals surface area contributed by atoms with Gasteiger partial charge in [0.1, 0.15) is 16.6 Å². The highest BCUT2D eigenvalue weighted by molar-refractivity contribution is 7.80. The third kappa shape index (κ3) is 3.39. The Morgan fingerprint density at radius 2 is 1.90 bits per heavy atom. The number of rotatable bonds is 3. The molecular weight excluding hydrogens is 308 g/mol. The lowest BCUT2D eigenvalue weighted by atomic mass is 9.78. The summed E-state index contributed by atoms with van der Waals surface area (Å²) in [7, 11) is -0.521. The smallest absolute Gasteiger partial charge is 0.491 e. The first-order valence-corrected chi connectivity index (χ1v) is 7.70. The second-order valence-corrected chi connectivity index (χ2v) is 6.71. The summed E-state index contributed by atoms with van der Waals surface area (Å²) in [4.78, 5) is 4.10. The predicted molar refractivity (Wildman–Crippen MR) is 88.8 cm³/mol. The molecule has 2 rings (SSSR count). The molecule has 2 heterocycles. The van der Waals surface area contributed by atoms with E-state index in [2.05, 4.69) is 17.6 Å². The number of halogens is 1. The van der Waals surface area contributed by atoms with Crippen LogP contribution in [0.4, 0.5) is 0 Å². The first kappa shape index (κ1) is 16.7. The Hall–Kier alpha value is -0.685. The van der Waals surface area contributed by atoms with Gasteiger partial charge in [0.15, 0.2) is 0 Å². The maximum atomic E-state index is 9.86. The molecule has 0 atom stereocenters. The van der Waals surface area contributed by atoms with Crippen LogP contribution in [0, 0.1) is 0 Å². The van der Waals surface area contributed by atoms with Crippen LogP contribution in [0.2, 0.25) is 5.15 Å². The van der Waals surface area contributed by atoms with Gasteiger partial charge in [-0.25, -0.2) is 4.98 Å². The molecule has 1 saturated heterocycles. The Morgan fingerprint density at radius 1 is 1.33 bits per heavy atom. The van der Waals surface area contributed by atoms with E-state index in [-0.39, 0.29) is 5.75 Å². The van der Waals surface area contributed by atoms with Gasteiger partial charge in [0, 0.05) is 5.75 Å². The second-order valence-electron chi connectivity index (χ2n) is 6.00. The maximum absolute atomic E-state index is 9.86. The van der Waals surface area contributed by atoms with Gasteiger partial charge in [0.25, 0.3) is 0 Å². The van der Waals surface area contributed by atoms with Crippen LogP contribution < -0.4 is 0 Å². The molecule has 1 aromatic rings. The van der Waals surface area contributed by atoms with Crippen LogP contribution in [0.1, 0.15) is 33.4 Å². The third-order valence-corrected chi connectivity index (χ3v) is 4.50. The highest BCUT2D eigenvalue weighted by Crippen LogP contribution is 2.39. The third-order valence-electron chi connectivity index (χ3n) is 3.93. The Kier molecular flexibility index (Phi) is 4.64. The largest absolute Gasteiger partial charge is 0.506 e. The van der Waals surface area contributed by atoms with Crippen molar-refractivity contribution in [3.63, 3.8) is 0 Å². The zero-order valence-corrected chi connectivity index (χ0v) is 14.2. The summed E-state index contributed by atoms with van der Waals surface area (Å²) in [5, 5.41) is 10.2. The molecule has 0 radical (unpaired) electrons. The molecule has 0 spiro atoms. The first-order chi connectivity index (χ1) is 9.66. The van der Waals surface area contributed by atoms with Crippen molar-refractivity contribution < 1.29 is 14.4 Å². The Morgan fingerprint density at radius 3 is 2.43 bits per heavy atom. The van der Waals surface area contributed by atoms with Crippen molar-refractivity contribution >= 4 is 37.4 Å². The van der Waals surface area contributed by atoms with E-state index in [1.165, 1.54) is 12.1 Å². The van der Waals surface area contributed by atoms with Gasteiger partial charge in [-0.15, -0.1) is 0 Å². The van der Waals surface area contributed by atoms with Crippen LogP contribution in [-0.4, -0.2) is 34.2 Å². The lowest BCUT2D eigenvalue weighted by Crippen LogP contribution is -2.41. The number of nitrogens with zero attached hydrogens (tertiary/aromatic N) is 1. The normalized spacial score (nSPS) is 20.9. The van der Waals surface area contributed by atoms with E-state index in [0.29, 0.717) is 16.6 Å². The molecule has 1 N–H and O–H groups in total. The summed E-state index contributed by atoms with van der Waals surface area (Å²) in [6.07, 6.45) is 1.70. The molecule has 4 nitrogen and oxygen atoms in total. The van der Waals surface area contributed by atoms with E-state index in [9.17, 15) is 5.11 Å². The van der Waals surface area contributed by atoms with E-state index in [0.717, 1.165) is 5.47 Å². The number of hydrogen-bond acceptors (Lipinski definition) is 5. The van der Waals surface area contributed by atoms with Gasteiger partial charge < -0.3 is 14.4 Å². The molecule has 114 valence electrons. The maximum Gasteiger partial charge on any atom is 0.491 e. The summed E-state index contributed by atoms with van der Waals surface area (Å²) >= 11 is 10.2. The Balaban J connectivity index is 2.33. The van der Waals surface area contributed by atoms with E-state index >= 15 is 0 Å². The number of hydrogen-bond donors (Lipinski definition) is 2. The minimum absolute atomic E-state index is 0.0511. The van der Waals surface area contributed by atoms with Gasteiger partial charge in [-0.1, -0.05) is 11.6 Å². The fourth-order valence-corrected chi connectivity index (χ4v) is 2.30. The quantitative estimate of drug-likeness (QED) is 0.507. The van der Waals surface area contributed by atoms with Gasteiger partial charge in [-0.3, -0.25) is 0 Å². The van der Waals surface area contributed by atoms with Crippen molar-refractivity contribution in [3.8, 4) is 5.75 Å². The predicted octanol–water partition coefficient (Wildman–Crippen LogP) is 3.39. The molecule has 0 amide bonds. The fourth-order valence-electron chi connectivity index (χ4n) is 1.91. The van der Waals surface area contributed by atoms with Crippen LogP contribution >= 0.6 is 24.2 Å². The number of pyridine rings is 1. The standard InChI is InChI=1S/C14H19BClNO3S/c1-13(2)14(3,4)20-15(19-13)9(8-21)7-10-11(18)5-6-12(16)17-10/h5-7,18,21H,8H2,1-4H3. The Bertz CT molecular complexity index is 561. The number of thiol groups is 1. The van der Waals surface area contributed by atoms with Crippen LogP contribution in [0.3, 0.4) is 0 Å². The van der Waals surface area contributed by atoms with Crippen molar-refractivity contribution in [1.82, 2.24) is 4.98 Å². The van der Waals surface area contributed by atoms with Gasteiger partial charge in [0.05, 0.1) is 11.2 Å². The molecule has 0 aromatic carbocycles. The molecule has 1 aliphatic heterocycles. The number of aromatic hydroxyl groups is 1. The molecule has 0 bridgehead atoms. The lowest BCUT2D eigenvalue weighted by molar-refractivity contribution is 0.00578. The van der Waals surface area contributed by atoms with Crippen molar-refractivity contribution in [2.75, 3.05) is 5.75 Å². The zero-order chi connectivity index (χ0) is 15.8. The van der Waals surface area contributed by atoms with Crippen LogP contribution in [0.25, 0.3) is 6.08 Å². The average Bonchev–Trinajstić information content (AvgIpc) is 2.59. The fraction of sp³-hybridized carbons (Fsp3) is 0.500.